The van der Waals surface area contributed by atoms with Gasteiger partial charge in [0.1, 0.15) is 11.4 Å². The van der Waals surface area contributed by atoms with E-state index in [-0.39, 0.29) is 11.4 Å². The van der Waals surface area contributed by atoms with Crippen LogP contribution in [0.3, 0.4) is 0 Å². The molecule has 1 amide bonds. The maximum atomic E-state index is 13.4. The third-order valence-electron chi connectivity index (χ3n) is 3.51. The Bertz CT molecular complexity index is 1030. The van der Waals surface area contributed by atoms with Crippen LogP contribution in [0.4, 0.5) is 15.8 Å². The smallest absolute Gasteiger partial charge is 0.306 e. The quantitative estimate of drug-likeness (QED) is 0.362. The molecule has 3 aromatic rings. The van der Waals surface area contributed by atoms with Crippen molar-refractivity contribution in [2.24, 2.45) is 0 Å². The van der Waals surface area contributed by atoms with Crippen molar-refractivity contribution in [2.75, 3.05) is 18.2 Å². The average Bonchev–Trinajstić information content (AvgIpc) is 3.16. The van der Waals surface area contributed by atoms with Crippen LogP contribution in [0, 0.1) is 15.9 Å². The molecule has 0 aliphatic rings. The van der Waals surface area contributed by atoms with Gasteiger partial charge >= 0.3 is 5.69 Å². The number of rotatable bonds is 7. The highest BCUT2D eigenvalue weighted by Gasteiger charge is 2.17. The van der Waals surface area contributed by atoms with Gasteiger partial charge in [-0.2, -0.15) is 9.07 Å². The number of carbonyl (C=O) groups excluding carboxylic acids is 1. The molecule has 2 aromatic carbocycles. The van der Waals surface area contributed by atoms with Crippen LogP contribution in [0.15, 0.2) is 47.6 Å². The Hall–Kier alpha value is -3.54. The molecular formula is C16H13FN6O4S. The fourth-order valence-corrected chi connectivity index (χ4v) is 2.97. The molecule has 3 rings (SSSR count). The Morgan fingerprint density at radius 3 is 2.89 bits per heavy atom. The maximum Gasteiger partial charge on any atom is 0.306 e. The predicted molar refractivity (Wildman–Crippen MR) is 98.1 cm³/mol. The molecule has 144 valence electrons. The molecule has 0 aliphatic carbocycles. The van der Waals surface area contributed by atoms with Crippen molar-refractivity contribution in [3.05, 3.63) is 58.4 Å². The van der Waals surface area contributed by atoms with Gasteiger partial charge in [-0.3, -0.25) is 14.9 Å². The van der Waals surface area contributed by atoms with E-state index in [1.807, 2.05) is 0 Å². The van der Waals surface area contributed by atoms with Crippen molar-refractivity contribution in [3.8, 4) is 11.4 Å². The summed E-state index contributed by atoms with van der Waals surface area (Å²) >= 11 is 1.06. The number of hydrogen-bond donors (Lipinski definition) is 1. The van der Waals surface area contributed by atoms with E-state index in [0.717, 1.165) is 23.9 Å². The minimum atomic E-state index is -0.978. The first kappa shape index (κ1) is 19.2. The summed E-state index contributed by atoms with van der Waals surface area (Å²) in [4.78, 5) is 22.1. The van der Waals surface area contributed by atoms with Crippen molar-refractivity contribution < 1.29 is 18.8 Å². The van der Waals surface area contributed by atoms with E-state index in [2.05, 4.69) is 20.8 Å². The lowest BCUT2D eigenvalue weighted by molar-refractivity contribution is -0.387. The zero-order valence-electron chi connectivity index (χ0n) is 14.4. The summed E-state index contributed by atoms with van der Waals surface area (Å²) in [5.74, 6) is -0.950. The largest absolute Gasteiger partial charge is 0.494 e. The van der Waals surface area contributed by atoms with Gasteiger partial charge in [-0.05, 0) is 34.7 Å². The number of benzene rings is 2. The molecule has 0 saturated heterocycles. The van der Waals surface area contributed by atoms with E-state index in [0.29, 0.717) is 16.6 Å². The van der Waals surface area contributed by atoms with Crippen molar-refractivity contribution in [2.45, 2.75) is 5.16 Å². The SMILES string of the molecule is COc1ccccc1-n1nnnc1SCC(=O)Nc1ccc(F)c([N+](=O)[O-])c1. The van der Waals surface area contributed by atoms with Gasteiger partial charge in [0.25, 0.3) is 0 Å². The number of aromatic nitrogens is 4. The second-order valence-corrected chi connectivity index (χ2v) is 6.25. The zero-order valence-corrected chi connectivity index (χ0v) is 15.2. The van der Waals surface area contributed by atoms with Crippen molar-refractivity contribution in [1.29, 1.82) is 0 Å². The Morgan fingerprint density at radius 2 is 2.14 bits per heavy atom. The standard InChI is InChI=1S/C16H13FN6O4S/c1-27-14-5-3-2-4-12(14)22-16(19-20-21-22)28-9-15(24)18-10-6-7-11(17)13(8-10)23(25)26/h2-8H,9H2,1H3,(H,18,24). The molecule has 0 spiro atoms. The topological polar surface area (TPSA) is 125 Å². The number of nitro groups is 1. The number of nitrogens with zero attached hydrogens (tertiary/aromatic N) is 5. The predicted octanol–water partition coefficient (Wildman–Crippen LogP) is 2.45. The average molecular weight is 404 g/mol. The number of thioether (sulfide) groups is 1. The number of amides is 1. The van der Waals surface area contributed by atoms with E-state index in [9.17, 15) is 19.3 Å². The van der Waals surface area contributed by atoms with Gasteiger partial charge < -0.3 is 10.1 Å². The number of nitro benzene ring substituents is 1. The molecule has 0 unspecified atom stereocenters. The summed E-state index contributed by atoms with van der Waals surface area (Å²) in [5.41, 5.74) is 0.000608. The molecule has 0 fully saturated rings. The number of ether oxygens (including phenoxy) is 1. The highest BCUT2D eigenvalue weighted by atomic mass is 32.2. The molecule has 28 heavy (non-hydrogen) atoms. The van der Waals surface area contributed by atoms with Crippen molar-refractivity contribution in [3.63, 3.8) is 0 Å². The fourth-order valence-electron chi connectivity index (χ4n) is 2.28. The second-order valence-electron chi connectivity index (χ2n) is 5.31. The fraction of sp³-hybridized carbons (Fsp3) is 0.125. The van der Waals surface area contributed by atoms with Crippen LogP contribution in [0.2, 0.25) is 0 Å². The molecule has 10 nitrogen and oxygen atoms in total. The number of methoxy groups -OCH3 is 1. The molecule has 0 aliphatic heterocycles. The number of anilines is 1. The van der Waals surface area contributed by atoms with Crippen LogP contribution in [0.5, 0.6) is 5.75 Å². The first-order valence-corrected chi connectivity index (χ1v) is 8.76. The van der Waals surface area contributed by atoms with Gasteiger partial charge in [0.15, 0.2) is 0 Å². The van der Waals surface area contributed by atoms with Crippen LogP contribution in [-0.4, -0.2) is 43.9 Å². The summed E-state index contributed by atoms with van der Waals surface area (Å²) < 4.78 is 20.1. The third kappa shape index (κ3) is 4.23. The van der Waals surface area contributed by atoms with Crippen LogP contribution in [0.1, 0.15) is 0 Å². The number of nitrogens with one attached hydrogen (secondary N) is 1. The van der Waals surface area contributed by atoms with Gasteiger partial charge in [0, 0.05) is 11.8 Å². The molecular weight excluding hydrogens is 391 g/mol. The summed E-state index contributed by atoms with van der Waals surface area (Å²) in [5, 5.41) is 25.0. The number of carbonyl (C=O) groups is 1. The van der Waals surface area contributed by atoms with Gasteiger partial charge in [-0.15, -0.1) is 5.10 Å². The molecule has 0 saturated carbocycles. The van der Waals surface area contributed by atoms with Crippen LogP contribution in [-0.2, 0) is 4.79 Å². The summed E-state index contributed by atoms with van der Waals surface area (Å²) in [6.07, 6.45) is 0. The monoisotopic (exact) mass is 404 g/mol. The molecule has 0 radical (unpaired) electrons. The number of para-hydroxylation sites is 2. The zero-order chi connectivity index (χ0) is 20.1. The molecule has 1 aromatic heterocycles. The lowest BCUT2D eigenvalue weighted by atomic mass is 10.2. The minimum Gasteiger partial charge on any atom is -0.494 e. The molecule has 0 atom stereocenters. The Kier molecular flexibility index (Phi) is 5.79. The van der Waals surface area contributed by atoms with Crippen LogP contribution in [0.25, 0.3) is 5.69 Å². The molecule has 0 bridgehead atoms. The van der Waals surface area contributed by atoms with E-state index in [1.165, 1.54) is 17.9 Å². The summed E-state index contributed by atoms with van der Waals surface area (Å²) in [6, 6.07) is 10.2. The summed E-state index contributed by atoms with van der Waals surface area (Å²) in [6.45, 7) is 0. The number of hydrogen-bond acceptors (Lipinski definition) is 8. The Labute approximate surface area is 161 Å². The Balaban J connectivity index is 1.69. The lowest BCUT2D eigenvalue weighted by Gasteiger charge is -2.09. The number of halogens is 1. The van der Waals surface area contributed by atoms with E-state index < -0.39 is 22.3 Å². The van der Waals surface area contributed by atoms with E-state index in [1.54, 1.807) is 24.3 Å². The highest BCUT2D eigenvalue weighted by molar-refractivity contribution is 7.99. The van der Waals surface area contributed by atoms with Gasteiger partial charge in [-0.1, -0.05) is 23.9 Å². The van der Waals surface area contributed by atoms with E-state index in [4.69, 9.17) is 4.74 Å². The molecule has 1 N–H and O–H groups in total. The third-order valence-corrected chi connectivity index (χ3v) is 4.43. The molecule has 12 heteroatoms. The summed E-state index contributed by atoms with van der Waals surface area (Å²) in [7, 11) is 1.52. The van der Waals surface area contributed by atoms with Crippen LogP contribution < -0.4 is 10.1 Å². The van der Waals surface area contributed by atoms with Crippen molar-refractivity contribution >= 4 is 29.0 Å². The van der Waals surface area contributed by atoms with Gasteiger partial charge in [-0.25, -0.2) is 0 Å². The second kappa shape index (κ2) is 8.43. The van der Waals surface area contributed by atoms with Crippen molar-refractivity contribution in [1.82, 2.24) is 20.2 Å². The lowest BCUT2D eigenvalue weighted by Crippen LogP contribution is -2.15. The maximum absolute atomic E-state index is 13.4. The van der Waals surface area contributed by atoms with Crippen LogP contribution >= 0.6 is 11.8 Å². The minimum absolute atomic E-state index is 0.0688. The number of tetrazole rings is 1. The van der Waals surface area contributed by atoms with E-state index >= 15 is 0 Å². The van der Waals surface area contributed by atoms with Gasteiger partial charge in [0.05, 0.1) is 17.8 Å². The first-order valence-electron chi connectivity index (χ1n) is 7.78. The normalized spacial score (nSPS) is 10.5. The molecule has 1 heterocycles. The Morgan fingerprint density at radius 1 is 1.36 bits per heavy atom. The first-order chi connectivity index (χ1) is 13.5. The highest BCUT2D eigenvalue weighted by Crippen LogP contribution is 2.26. The van der Waals surface area contributed by atoms with Gasteiger partial charge in [0.2, 0.25) is 16.9 Å².